The van der Waals surface area contributed by atoms with E-state index in [1.165, 1.54) is 17.2 Å². The molecule has 1 aromatic rings. The van der Waals surface area contributed by atoms with E-state index < -0.39 is 23.3 Å². The van der Waals surface area contributed by atoms with E-state index in [1.54, 1.807) is 19.9 Å². The van der Waals surface area contributed by atoms with E-state index in [4.69, 9.17) is 5.84 Å². The largest absolute Gasteiger partial charge is 0.324 e. The molecule has 0 bridgehead atoms. The van der Waals surface area contributed by atoms with Crippen molar-refractivity contribution in [3.8, 4) is 0 Å². The van der Waals surface area contributed by atoms with Gasteiger partial charge in [-0.2, -0.15) is 0 Å². The van der Waals surface area contributed by atoms with E-state index in [1.807, 2.05) is 0 Å². The van der Waals surface area contributed by atoms with E-state index in [-0.39, 0.29) is 12.2 Å². The molecule has 106 valence electrons. The van der Waals surface area contributed by atoms with Crippen LogP contribution in [0.1, 0.15) is 24.3 Å². The molecule has 1 saturated heterocycles. The van der Waals surface area contributed by atoms with E-state index in [0.29, 0.717) is 5.69 Å². The van der Waals surface area contributed by atoms with Gasteiger partial charge >= 0.3 is 0 Å². The van der Waals surface area contributed by atoms with Crippen molar-refractivity contribution < 1.29 is 14.4 Å². The summed E-state index contributed by atoms with van der Waals surface area (Å²) in [4.78, 5) is 40.8. The minimum Gasteiger partial charge on any atom is -0.324 e. The zero-order valence-corrected chi connectivity index (χ0v) is 11.1. The molecule has 1 aliphatic rings. The first-order chi connectivity index (χ1) is 9.36. The lowest BCUT2D eigenvalue weighted by Gasteiger charge is -2.39. The number of pyridine rings is 1. The van der Waals surface area contributed by atoms with Gasteiger partial charge < -0.3 is 10.3 Å². The van der Waals surface area contributed by atoms with Gasteiger partial charge in [-0.3, -0.25) is 30.5 Å². The molecule has 0 unspecified atom stereocenters. The number of carbonyl (C=O) groups excluding carboxylic acids is 3. The number of amides is 3. The molecule has 8 nitrogen and oxygen atoms in total. The topological polar surface area (TPSA) is 117 Å². The molecule has 1 fully saturated rings. The normalized spacial score (nSPS) is 17.6. The highest BCUT2D eigenvalue weighted by Crippen LogP contribution is 2.21. The number of nitrogens with two attached hydrogens (primary N) is 1. The Kier molecular flexibility index (Phi) is 3.41. The summed E-state index contributed by atoms with van der Waals surface area (Å²) in [5.41, 5.74) is 1.90. The first kappa shape index (κ1) is 13.9. The van der Waals surface area contributed by atoms with E-state index in [0.717, 1.165) is 0 Å². The van der Waals surface area contributed by atoms with Crippen LogP contribution in [0.15, 0.2) is 18.3 Å². The number of rotatable bonds is 2. The fourth-order valence-electron chi connectivity index (χ4n) is 1.88. The summed E-state index contributed by atoms with van der Waals surface area (Å²) in [6.45, 7) is 2.94. The third kappa shape index (κ3) is 2.32. The summed E-state index contributed by atoms with van der Waals surface area (Å²) in [6.07, 6.45) is 1.42. The number of nitrogens with zero attached hydrogens (tertiary/aromatic N) is 2. The molecule has 20 heavy (non-hydrogen) atoms. The van der Waals surface area contributed by atoms with Crippen LogP contribution in [0.5, 0.6) is 0 Å². The molecule has 1 aromatic heterocycles. The van der Waals surface area contributed by atoms with Crippen LogP contribution >= 0.6 is 0 Å². The summed E-state index contributed by atoms with van der Waals surface area (Å²) >= 11 is 0. The van der Waals surface area contributed by atoms with Gasteiger partial charge in [0.05, 0.1) is 5.69 Å². The second kappa shape index (κ2) is 4.89. The SMILES string of the molecule is CC1(C)C(=O)NC(=O)CN1C(=O)c1cc(NN)ccn1. The lowest BCUT2D eigenvalue weighted by atomic mass is 9.98. The Hall–Kier alpha value is -2.48. The second-order valence-corrected chi connectivity index (χ2v) is 4.90. The zero-order valence-electron chi connectivity index (χ0n) is 11.1. The van der Waals surface area contributed by atoms with Crippen LogP contribution in [0, 0.1) is 0 Å². The van der Waals surface area contributed by atoms with E-state index >= 15 is 0 Å². The molecule has 2 rings (SSSR count). The number of imide groups is 1. The molecule has 0 spiro atoms. The molecular weight excluding hydrogens is 262 g/mol. The molecule has 0 aromatic carbocycles. The van der Waals surface area contributed by atoms with Crippen LogP contribution < -0.4 is 16.6 Å². The molecular formula is C12H15N5O3. The molecule has 0 aliphatic carbocycles. The maximum Gasteiger partial charge on any atom is 0.273 e. The summed E-state index contributed by atoms with van der Waals surface area (Å²) < 4.78 is 0. The Morgan fingerprint density at radius 1 is 1.50 bits per heavy atom. The number of hydrazine groups is 1. The summed E-state index contributed by atoms with van der Waals surface area (Å²) in [7, 11) is 0. The fourth-order valence-corrected chi connectivity index (χ4v) is 1.88. The first-order valence-corrected chi connectivity index (χ1v) is 5.95. The van der Waals surface area contributed by atoms with Crippen molar-refractivity contribution in [3.05, 3.63) is 24.0 Å². The Morgan fingerprint density at radius 2 is 2.20 bits per heavy atom. The van der Waals surface area contributed by atoms with Gasteiger partial charge in [-0.15, -0.1) is 0 Å². The van der Waals surface area contributed by atoms with Gasteiger partial charge in [0.2, 0.25) is 5.91 Å². The number of anilines is 1. The highest BCUT2D eigenvalue weighted by Gasteiger charge is 2.44. The third-order valence-electron chi connectivity index (χ3n) is 3.18. The van der Waals surface area contributed by atoms with Gasteiger partial charge in [0, 0.05) is 6.20 Å². The zero-order chi connectivity index (χ0) is 14.9. The maximum atomic E-state index is 12.4. The van der Waals surface area contributed by atoms with Gasteiger partial charge in [0.25, 0.3) is 11.8 Å². The number of nitrogen functional groups attached to an aromatic ring is 1. The first-order valence-electron chi connectivity index (χ1n) is 5.95. The number of nitrogens with one attached hydrogen (secondary N) is 2. The molecule has 0 atom stereocenters. The number of aromatic nitrogens is 1. The minimum atomic E-state index is -1.13. The van der Waals surface area contributed by atoms with Gasteiger partial charge in [-0.05, 0) is 26.0 Å². The number of carbonyl (C=O) groups is 3. The average molecular weight is 277 g/mol. The summed E-state index contributed by atoms with van der Waals surface area (Å²) in [5.74, 6) is 3.73. The molecule has 0 radical (unpaired) electrons. The second-order valence-electron chi connectivity index (χ2n) is 4.90. The standard InChI is InChI=1S/C12H15N5O3/c1-12(2)11(20)15-9(18)6-17(12)10(19)8-5-7(16-13)3-4-14-8/h3-5H,6,13H2,1-2H3,(H,14,16)(H,15,18,20). The highest BCUT2D eigenvalue weighted by molar-refractivity contribution is 6.08. The van der Waals surface area contributed by atoms with Gasteiger partial charge in [-0.1, -0.05) is 0 Å². The van der Waals surface area contributed by atoms with Crippen LogP contribution in [0.25, 0.3) is 0 Å². The van der Waals surface area contributed by atoms with Crippen molar-refractivity contribution >= 4 is 23.4 Å². The van der Waals surface area contributed by atoms with Crippen LogP contribution in [0.3, 0.4) is 0 Å². The lowest BCUT2D eigenvalue weighted by Crippen LogP contribution is -2.65. The Morgan fingerprint density at radius 3 is 2.85 bits per heavy atom. The predicted octanol–water partition coefficient (Wildman–Crippen LogP) is -0.756. The molecule has 3 amide bonds. The third-order valence-corrected chi connectivity index (χ3v) is 3.18. The van der Waals surface area contributed by atoms with Crippen molar-refractivity contribution in [3.63, 3.8) is 0 Å². The van der Waals surface area contributed by atoms with Gasteiger partial charge in [0.1, 0.15) is 17.8 Å². The summed E-state index contributed by atoms with van der Waals surface area (Å²) in [5, 5.41) is 2.20. The van der Waals surface area contributed by atoms with E-state index in [9.17, 15) is 14.4 Å². The maximum absolute atomic E-state index is 12.4. The Balaban J connectivity index is 2.35. The lowest BCUT2D eigenvalue weighted by molar-refractivity contribution is -0.143. The van der Waals surface area contributed by atoms with Gasteiger partial charge in [0.15, 0.2) is 0 Å². The average Bonchev–Trinajstić information content (AvgIpc) is 2.42. The highest BCUT2D eigenvalue weighted by atomic mass is 16.2. The van der Waals surface area contributed by atoms with Crippen molar-refractivity contribution in [2.75, 3.05) is 12.0 Å². The van der Waals surface area contributed by atoms with Crippen molar-refractivity contribution in [1.82, 2.24) is 15.2 Å². The van der Waals surface area contributed by atoms with Crippen molar-refractivity contribution in [2.45, 2.75) is 19.4 Å². The van der Waals surface area contributed by atoms with Crippen molar-refractivity contribution in [2.24, 2.45) is 5.84 Å². The van der Waals surface area contributed by atoms with Crippen LogP contribution in [-0.4, -0.2) is 39.7 Å². The molecule has 4 N–H and O–H groups in total. The summed E-state index contributed by atoms with van der Waals surface area (Å²) in [6, 6.07) is 3.05. The molecule has 8 heteroatoms. The Bertz CT molecular complexity index is 584. The quantitative estimate of drug-likeness (QED) is 0.372. The van der Waals surface area contributed by atoms with Crippen molar-refractivity contribution in [1.29, 1.82) is 0 Å². The molecule has 1 aliphatic heterocycles. The fraction of sp³-hybridized carbons (Fsp3) is 0.333. The van der Waals surface area contributed by atoms with Crippen LogP contribution in [-0.2, 0) is 9.59 Å². The smallest absolute Gasteiger partial charge is 0.273 e. The van der Waals surface area contributed by atoms with Crippen LogP contribution in [0.2, 0.25) is 0 Å². The molecule has 2 heterocycles. The monoisotopic (exact) mass is 277 g/mol. The molecule has 0 saturated carbocycles. The van der Waals surface area contributed by atoms with E-state index in [2.05, 4.69) is 15.7 Å². The van der Waals surface area contributed by atoms with Crippen LogP contribution in [0.4, 0.5) is 5.69 Å². The predicted molar refractivity (Wildman–Crippen MR) is 70.3 cm³/mol. The minimum absolute atomic E-state index is 0.107. The number of hydrogen-bond acceptors (Lipinski definition) is 6. The van der Waals surface area contributed by atoms with Gasteiger partial charge in [-0.25, -0.2) is 0 Å². The Labute approximate surface area is 115 Å². The number of hydrogen-bond donors (Lipinski definition) is 3. The number of piperazine rings is 1.